The number of aromatic nitrogens is 2. The zero-order valence-electron chi connectivity index (χ0n) is 12.6. The van der Waals surface area contributed by atoms with Crippen LogP contribution < -0.4 is 10.9 Å². The minimum atomic E-state index is -0.869. The molecule has 1 aliphatic heterocycles. The molecule has 0 amide bonds. The summed E-state index contributed by atoms with van der Waals surface area (Å²) in [7, 11) is 0. The van der Waals surface area contributed by atoms with E-state index < -0.39 is 35.8 Å². The van der Waals surface area contributed by atoms with E-state index in [4.69, 9.17) is 11.6 Å². The van der Waals surface area contributed by atoms with Crippen LogP contribution in [0.15, 0.2) is 35.1 Å². The highest BCUT2D eigenvalue weighted by Crippen LogP contribution is 2.41. The monoisotopic (exact) mass is 365 g/mol. The lowest BCUT2D eigenvalue weighted by atomic mass is 9.83. The Morgan fingerprint density at radius 3 is 2.72 bits per heavy atom. The van der Waals surface area contributed by atoms with Crippen LogP contribution in [0.5, 0.6) is 0 Å². The number of aromatic amines is 1. The van der Waals surface area contributed by atoms with Crippen molar-refractivity contribution >= 4 is 28.1 Å². The van der Waals surface area contributed by atoms with Gasteiger partial charge in [-0.1, -0.05) is 17.7 Å². The van der Waals surface area contributed by atoms with Crippen molar-refractivity contribution in [2.24, 2.45) is 0 Å². The molecule has 0 aliphatic carbocycles. The molecule has 0 saturated carbocycles. The minimum Gasteiger partial charge on any atom is -0.378 e. The van der Waals surface area contributed by atoms with Crippen molar-refractivity contribution in [3.63, 3.8) is 0 Å². The second-order valence-corrected chi connectivity index (χ2v) is 6.30. The van der Waals surface area contributed by atoms with Crippen molar-refractivity contribution < 1.29 is 13.2 Å². The highest BCUT2D eigenvalue weighted by Gasteiger charge is 2.35. The van der Waals surface area contributed by atoms with Gasteiger partial charge in [0.2, 0.25) is 0 Å². The van der Waals surface area contributed by atoms with Crippen molar-refractivity contribution in [1.82, 2.24) is 10.2 Å². The Hall–Kier alpha value is -2.54. The van der Waals surface area contributed by atoms with E-state index in [9.17, 15) is 18.0 Å². The van der Waals surface area contributed by atoms with Crippen LogP contribution in [0.2, 0.25) is 5.02 Å². The molecule has 1 aliphatic rings. The molecule has 0 unspecified atom stereocenters. The molecule has 2 atom stereocenters. The molecular formula is C17H11ClF3N3O. The molecule has 0 radical (unpaired) electrons. The number of hydrogen-bond acceptors (Lipinski definition) is 3. The average molecular weight is 366 g/mol. The van der Waals surface area contributed by atoms with Crippen LogP contribution >= 0.6 is 11.6 Å². The first-order valence-electron chi connectivity index (χ1n) is 7.49. The van der Waals surface area contributed by atoms with E-state index in [2.05, 4.69) is 15.5 Å². The van der Waals surface area contributed by atoms with Crippen LogP contribution in [0.25, 0.3) is 10.8 Å². The van der Waals surface area contributed by atoms with E-state index in [1.165, 1.54) is 18.2 Å². The maximum Gasteiger partial charge on any atom is 0.272 e. The molecule has 0 spiro atoms. The van der Waals surface area contributed by atoms with Crippen LogP contribution in [0.1, 0.15) is 17.2 Å². The van der Waals surface area contributed by atoms with Gasteiger partial charge in [-0.2, -0.15) is 5.10 Å². The standard InChI is InChI=1S/C17H11ClF3N3O/c18-7-1-2-9(11(21)3-7)14-13(6-19)22-12-5-8(20)4-10-15(12)16(14)23-24-17(10)25/h1-5,13-14,22H,6H2,(H,24,25)/t13-,14-/m1/s1. The number of H-pyrrole nitrogens is 1. The van der Waals surface area contributed by atoms with Gasteiger partial charge in [0, 0.05) is 16.1 Å². The van der Waals surface area contributed by atoms with E-state index in [-0.39, 0.29) is 27.4 Å². The molecule has 1 aromatic heterocycles. The largest absolute Gasteiger partial charge is 0.378 e. The first-order chi connectivity index (χ1) is 12.0. The predicted octanol–water partition coefficient (Wildman–Crippen LogP) is 3.75. The van der Waals surface area contributed by atoms with Gasteiger partial charge in [-0.15, -0.1) is 0 Å². The lowest BCUT2D eigenvalue weighted by Gasteiger charge is -2.32. The van der Waals surface area contributed by atoms with Crippen molar-refractivity contribution in [2.45, 2.75) is 12.0 Å². The van der Waals surface area contributed by atoms with E-state index in [0.29, 0.717) is 5.39 Å². The fourth-order valence-electron chi connectivity index (χ4n) is 3.35. The Balaban J connectivity index is 2.05. The number of benzene rings is 2. The van der Waals surface area contributed by atoms with Gasteiger partial charge in [0.15, 0.2) is 0 Å². The molecule has 0 bridgehead atoms. The topological polar surface area (TPSA) is 57.8 Å². The van der Waals surface area contributed by atoms with Gasteiger partial charge in [0.05, 0.1) is 23.0 Å². The first-order valence-corrected chi connectivity index (χ1v) is 7.86. The highest BCUT2D eigenvalue weighted by molar-refractivity contribution is 6.30. The number of anilines is 1. The second kappa shape index (κ2) is 5.77. The van der Waals surface area contributed by atoms with Crippen LogP contribution in [-0.2, 0) is 0 Å². The molecule has 128 valence electrons. The van der Waals surface area contributed by atoms with Gasteiger partial charge >= 0.3 is 0 Å². The van der Waals surface area contributed by atoms with Gasteiger partial charge in [-0.05, 0) is 29.8 Å². The van der Waals surface area contributed by atoms with Crippen molar-refractivity contribution in [3.8, 4) is 0 Å². The lowest BCUT2D eigenvalue weighted by molar-refractivity contribution is 0.412. The Morgan fingerprint density at radius 1 is 1.20 bits per heavy atom. The third kappa shape index (κ3) is 2.46. The third-order valence-corrected chi connectivity index (χ3v) is 4.62. The zero-order valence-corrected chi connectivity index (χ0v) is 13.4. The molecule has 2 heterocycles. The molecular weight excluding hydrogens is 355 g/mol. The van der Waals surface area contributed by atoms with Gasteiger partial charge in [0.25, 0.3) is 5.56 Å². The molecule has 4 nitrogen and oxygen atoms in total. The molecule has 25 heavy (non-hydrogen) atoms. The summed E-state index contributed by atoms with van der Waals surface area (Å²) >= 11 is 5.79. The number of halogens is 4. The van der Waals surface area contributed by atoms with Crippen molar-refractivity contribution in [2.75, 3.05) is 12.0 Å². The molecule has 0 fully saturated rings. The number of rotatable bonds is 2. The quantitative estimate of drug-likeness (QED) is 0.727. The van der Waals surface area contributed by atoms with Gasteiger partial charge in [-0.3, -0.25) is 4.79 Å². The van der Waals surface area contributed by atoms with E-state index in [1.807, 2.05) is 0 Å². The molecule has 0 saturated heterocycles. The Labute approximate surface area is 144 Å². The Morgan fingerprint density at radius 2 is 2.00 bits per heavy atom. The summed E-state index contributed by atoms with van der Waals surface area (Å²) < 4.78 is 41.9. The van der Waals surface area contributed by atoms with Crippen molar-refractivity contribution in [3.05, 3.63) is 68.6 Å². The lowest BCUT2D eigenvalue weighted by Crippen LogP contribution is -2.36. The molecule has 4 rings (SSSR count). The Bertz CT molecular complexity index is 1050. The molecule has 2 N–H and O–H groups in total. The van der Waals surface area contributed by atoms with Gasteiger partial charge < -0.3 is 5.32 Å². The summed E-state index contributed by atoms with van der Waals surface area (Å²) in [5.74, 6) is -2.05. The Kier molecular flexibility index (Phi) is 3.68. The fourth-order valence-corrected chi connectivity index (χ4v) is 3.51. The number of hydrogen-bond donors (Lipinski definition) is 2. The SMILES string of the molecule is O=c1[nH]nc2c3c(cc(F)cc13)N[C@H](CF)[C@H]2c1ccc(Cl)cc1F. The summed E-state index contributed by atoms with van der Waals surface area (Å²) in [4.78, 5) is 12.0. The molecule has 8 heteroatoms. The average Bonchev–Trinajstić information content (AvgIpc) is 2.57. The minimum absolute atomic E-state index is 0.0733. The fraction of sp³-hybridized carbons (Fsp3) is 0.176. The number of nitrogens with zero attached hydrogens (tertiary/aromatic N) is 1. The normalized spacial score (nSPS) is 19.0. The van der Waals surface area contributed by atoms with Crippen LogP contribution in [-0.4, -0.2) is 22.9 Å². The molecule has 3 aromatic rings. The summed E-state index contributed by atoms with van der Waals surface area (Å²) in [6, 6.07) is 5.47. The van der Waals surface area contributed by atoms with Crippen LogP contribution in [0, 0.1) is 11.6 Å². The van der Waals surface area contributed by atoms with Gasteiger partial charge in [0.1, 0.15) is 18.3 Å². The molecule has 2 aromatic carbocycles. The third-order valence-electron chi connectivity index (χ3n) is 4.38. The maximum atomic E-state index is 14.5. The summed E-state index contributed by atoms with van der Waals surface area (Å²) in [5.41, 5.74) is 0.162. The van der Waals surface area contributed by atoms with Crippen molar-refractivity contribution in [1.29, 1.82) is 0 Å². The number of nitrogens with one attached hydrogen (secondary N) is 2. The predicted molar refractivity (Wildman–Crippen MR) is 89.0 cm³/mol. The summed E-state index contributed by atoms with van der Waals surface area (Å²) in [5, 5.41) is 9.81. The van der Waals surface area contributed by atoms with Crippen LogP contribution in [0.3, 0.4) is 0 Å². The highest BCUT2D eigenvalue weighted by atomic mass is 35.5. The van der Waals surface area contributed by atoms with Crippen LogP contribution in [0.4, 0.5) is 18.9 Å². The smallest absolute Gasteiger partial charge is 0.272 e. The first kappa shape index (κ1) is 16.0. The summed E-state index contributed by atoms with van der Waals surface area (Å²) in [6.45, 7) is -0.842. The van der Waals surface area contributed by atoms with E-state index in [0.717, 1.165) is 12.1 Å². The zero-order chi connectivity index (χ0) is 17.7. The summed E-state index contributed by atoms with van der Waals surface area (Å²) in [6.07, 6.45) is 0. The van der Waals surface area contributed by atoms with Gasteiger partial charge in [-0.25, -0.2) is 18.3 Å². The number of alkyl halides is 1. The van der Waals surface area contributed by atoms with E-state index in [1.54, 1.807) is 0 Å². The maximum absolute atomic E-state index is 14.5. The van der Waals surface area contributed by atoms with E-state index >= 15 is 0 Å². The second-order valence-electron chi connectivity index (χ2n) is 5.86.